The fourth-order valence-electron chi connectivity index (χ4n) is 2.19. The van der Waals surface area contributed by atoms with Crippen LogP contribution < -0.4 is 10.0 Å². The predicted octanol–water partition coefficient (Wildman–Crippen LogP) is 1.28. The number of nitrogens with one attached hydrogen (secondary N) is 2. The maximum atomic E-state index is 12.1. The standard InChI is InChI=1S/C14H20N2O4S/c1-10-5-6-11(8-13(10)16-21(2,18)19)14(17)15-9-12-4-3-7-20-12/h5-6,8,12,16H,3-4,7,9H2,1-2H3,(H,15,17)/t12-/m0/s1. The highest BCUT2D eigenvalue weighted by molar-refractivity contribution is 7.92. The van der Waals surface area contributed by atoms with Gasteiger partial charge in [0, 0.05) is 18.7 Å². The van der Waals surface area contributed by atoms with Crippen LogP contribution in [0.4, 0.5) is 5.69 Å². The molecule has 2 N–H and O–H groups in total. The molecule has 7 heteroatoms. The Hall–Kier alpha value is -1.60. The van der Waals surface area contributed by atoms with Crippen molar-refractivity contribution >= 4 is 21.6 Å². The highest BCUT2D eigenvalue weighted by atomic mass is 32.2. The molecule has 1 aliphatic heterocycles. The number of benzene rings is 1. The lowest BCUT2D eigenvalue weighted by Crippen LogP contribution is -2.31. The molecule has 1 aliphatic rings. The van der Waals surface area contributed by atoms with Crippen molar-refractivity contribution in [2.24, 2.45) is 0 Å². The third-order valence-electron chi connectivity index (χ3n) is 3.31. The molecule has 1 aromatic rings. The maximum Gasteiger partial charge on any atom is 0.251 e. The second-order valence-electron chi connectivity index (χ2n) is 5.25. The molecule has 1 heterocycles. The number of rotatable bonds is 5. The quantitative estimate of drug-likeness (QED) is 0.857. The van der Waals surface area contributed by atoms with Gasteiger partial charge in [0.25, 0.3) is 5.91 Å². The lowest BCUT2D eigenvalue weighted by molar-refractivity contribution is 0.0858. The second kappa shape index (κ2) is 6.44. The minimum atomic E-state index is -3.37. The van der Waals surface area contributed by atoms with Crippen LogP contribution in [0.15, 0.2) is 18.2 Å². The van der Waals surface area contributed by atoms with Gasteiger partial charge in [-0.1, -0.05) is 6.07 Å². The molecule has 0 aliphatic carbocycles. The number of sulfonamides is 1. The first-order chi connectivity index (χ1) is 9.85. The maximum absolute atomic E-state index is 12.1. The molecule has 0 spiro atoms. The van der Waals surface area contributed by atoms with Crippen molar-refractivity contribution in [2.75, 3.05) is 24.1 Å². The largest absolute Gasteiger partial charge is 0.376 e. The van der Waals surface area contributed by atoms with E-state index in [0.29, 0.717) is 17.8 Å². The highest BCUT2D eigenvalue weighted by Gasteiger charge is 2.17. The van der Waals surface area contributed by atoms with Crippen LogP contribution in [0.2, 0.25) is 0 Å². The van der Waals surface area contributed by atoms with Crippen LogP contribution in [0.5, 0.6) is 0 Å². The predicted molar refractivity (Wildman–Crippen MR) is 81.0 cm³/mol. The first-order valence-electron chi connectivity index (χ1n) is 6.83. The number of ether oxygens (including phenoxy) is 1. The lowest BCUT2D eigenvalue weighted by atomic mass is 10.1. The zero-order chi connectivity index (χ0) is 15.5. The van der Waals surface area contributed by atoms with E-state index >= 15 is 0 Å². The van der Waals surface area contributed by atoms with Gasteiger partial charge in [-0.15, -0.1) is 0 Å². The third-order valence-corrected chi connectivity index (χ3v) is 3.90. The van der Waals surface area contributed by atoms with E-state index < -0.39 is 10.0 Å². The Bertz CT molecular complexity index is 622. The summed E-state index contributed by atoms with van der Waals surface area (Å²) in [6, 6.07) is 4.93. The zero-order valence-corrected chi connectivity index (χ0v) is 13.0. The Morgan fingerprint density at radius 2 is 2.19 bits per heavy atom. The zero-order valence-electron chi connectivity index (χ0n) is 12.2. The first-order valence-corrected chi connectivity index (χ1v) is 8.72. The van der Waals surface area contributed by atoms with Gasteiger partial charge in [0.15, 0.2) is 0 Å². The van der Waals surface area contributed by atoms with Gasteiger partial charge in [-0.05, 0) is 37.5 Å². The molecule has 1 aromatic carbocycles. The number of carbonyl (C=O) groups excluding carboxylic acids is 1. The summed E-state index contributed by atoms with van der Waals surface area (Å²) in [6.45, 7) is 3.00. The molecule has 0 saturated carbocycles. The Labute approximate surface area is 124 Å². The van der Waals surface area contributed by atoms with E-state index in [0.717, 1.165) is 31.3 Å². The van der Waals surface area contributed by atoms with E-state index in [2.05, 4.69) is 10.0 Å². The van der Waals surface area contributed by atoms with Crippen LogP contribution in [-0.4, -0.2) is 39.8 Å². The Morgan fingerprint density at radius 1 is 1.43 bits per heavy atom. The Balaban J connectivity index is 2.04. The molecule has 0 bridgehead atoms. The Kier molecular flexibility index (Phi) is 4.84. The fourth-order valence-corrected chi connectivity index (χ4v) is 2.81. The molecule has 1 fully saturated rings. The molecular formula is C14H20N2O4S. The van der Waals surface area contributed by atoms with Gasteiger partial charge >= 0.3 is 0 Å². The monoisotopic (exact) mass is 312 g/mol. The van der Waals surface area contributed by atoms with Crippen LogP contribution in [0.3, 0.4) is 0 Å². The third kappa shape index (κ3) is 4.71. The molecule has 1 amide bonds. The molecule has 1 saturated heterocycles. The molecule has 2 rings (SSSR count). The Morgan fingerprint density at radius 3 is 2.81 bits per heavy atom. The van der Waals surface area contributed by atoms with E-state index in [1.54, 1.807) is 25.1 Å². The van der Waals surface area contributed by atoms with Crippen molar-refractivity contribution in [3.8, 4) is 0 Å². The topological polar surface area (TPSA) is 84.5 Å². The normalized spacial score (nSPS) is 18.5. The van der Waals surface area contributed by atoms with E-state index in [-0.39, 0.29) is 12.0 Å². The summed E-state index contributed by atoms with van der Waals surface area (Å²) in [5, 5.41) is 2.81. The van der Waals surface area contributed by atoms with E-state index in [1.165, 1.54) is 0 Å². The number of hydrogen-bond acceptors (Lipinski definition) is 4. The van der Waals surface area contributed by atoms with Crippen molar-refractivity contribution in [3.05, 3.63) is 29.3 Å². The molecule has 116 valence electrons. The van der Waals surface area contributed by atoms with E-state index in [1.807, 2.05) is 0 Å². The van der Waals surface area contributed by atoms with Crippen molar-refractivity contribution in [3.63, 3.8) is 0 Å². The average Bonchev–Trinajstić information content (AvgIpc) is 2.90. The van der Waals surface area contributed by atoms with Crippen molar-refractivity contribution in [1.29, 1.82) is 0 Å². The van der Waals surface area contributed by atoms with Gasteiger partial charge in [0.2, 0.25) is 10.0 Å². The SMILES string of the molecule is Cc1ccc(C(=O)NC[C@@H]2CCCO2)cc1NS(C)(=O)=O. The summed E-state index contributed by atoms with van der Waals surface area (Å²) in [7, 11) is -3.37. The van der Waals surface area contributed by atoms with E-state index in [4.69, 9.17) is 4.74 Å². The van der Waals surface area contributed by atoms with Crippen LogP contribution in [0, 0.1) is 6.92 Å². The summed E-state index contributed by atoms with van der Waals surface area (Å²) in [5.41, 5.74) is 1.60. The summed E-state index contributed by atoms with van der Waals surface area (Å²) < 4.78 is 30.5. The fraction of sp³-hybridized carbons (Fsp3) is 0.500. The minimum absolute atomic E-state index is 0.0769. The number of aryl methyl sites for hydroxylation is 1. The summed E-state index contributed by atoms with van der Waals surface area (Å²) in [5.74, 6) is -0.234. The summed E-state index contributed by atoms with van der Waals surface area (Å²) in [6.07, 6.45) is 3.13. The van der Waals surface area contributed by atoms with Crippen LogP contribution in [0.25, 0.3) is 0 Å². The van der Waals surface area contributed by atoms with Gasteiger partial charge in [0.05, 0.1) is 18.0 Å². The molecule has 21 heavy (non-hydrogen) atoms. The van der Waals surface area contributed by atoms with Crippen LogP contribution in [0.1, 0.15) is 28.8 Å². The molecule has 0 radical (unpaired) electrons. The average molecular weight is 312 g/mol. The summed E-state index contributed by atoms with van der Waals surface area (Å²) in [4.78, 5) is 12.1. The first kappa shape index (κ1) is 15.8. The van der Waals surface area contributed by atoms with Crippen molar-refractivity contribution < 1.29 is 17.9 Å². The minimum Gasteiger partial charge on any atom is -0.376 e. The number of amides is 1. The molecule has 6 nitrogen and oxygen atoms in total. The van der Waals surface area contributed by atoms with Gasteiger partial charge in [0.1, 0.15) is 0 Å². The highest BCUT2D eigenvalue weighted by Crippen LogP contribution is 2.18. The lowest BCUT2D eigenvalue weighted by Gasteiger charge is -2.12. The number of anilines is 1. The second-order valence-corrected chi connectivity index (χ2v) is 7.00. The van der Waals surface area contributed by atoms with E-state index in [9.17, 15) is 13.2 Å². The number of hydrogen-bond donors (Lipinski definition) is 2. The molecular weight excluding hydrogens is 292 g/mol. The van der Waals surface area contributed by atoms with Crippen LogP contribution in [-0.2, 0) is 14.8 Å². The van der Waals surface area contributed by atoms with Gasteiger partial charge < -0.3 is 10.1 Å². The smallest absolute Gasteiger partial charge is 0.251 e. The van der Waals surface area contributed by atoms with Crippen LogP contribution >= 0.6 is 0 Å². The molecule has 1 atom stereocenters. The molecule has 0 unspecified atom stereocenters. The van der Waals surface area contributed by atoms with Gasteiger partial charge in [-0.25, -0.2) is 8.42 Å². The van der Waals surface area contributed by atoms with Gasteiger partial charge in [-0.2, -0.15) is 0 Å². The van der Waals surface area contributed by atoms with Gasteiger partial charge in [-0.3, -0.25) is 9.52 Å². The summed E-state index contributed by atoms with van der Waals surface area (Å²) >= 11 is 0. The van der Waals surface area contributed by atoms with Crippen molar-refractivity contribution in [2.45, 2.75) is 25.9 Å². The number of carbonyl (C=O) groups is 1. The van der Waals surface area contributed by atoms with Crippen molar-refractivity contribution in [1.82, 2.24) is 5.32 Å². The molecule has 0 aromatic heterocycles.